The maximum Gasteiger partial charge on any atom is 0.220 e. The van der Waals surface area contributed by atoms with E-state index in [1.165, 1.54) is 0 Å². The van der Waals surface area contributed by atoms with Crippen molar-refractivity contribution in [2.45, 2.75) is 32.5 Å². The monoisotopic (exact) mass is 465 g/mol. The molecule has 0 spiro atoms. The normalized spacial score (nSPS) is 15.8. The molecule has 1 aromatic heterocycles. The van der Waals surface area contributed by atoms with Crippen LogP contribution in [-0.2, 0) is 4.79 Å². The molecule has 2 aromatic carbocycles. The second kappa shape index (κ2) is 8.46. The van der Waals surface area contributed by atoms with Gasteiger partial charge in [0.05, 0.1) is 17.8 Å². The van der Waals surface area contributed by atoms with Gasteiger partial charge in [-0.25, -0.2) is 0 Å². The number of rotatable bonds is 5. The quantitative estimate of drug-likeness (QED) is 0.559. The van der Waals surface area contributed by atoms with Gasteiger partial charge < -0.3 is 10.5 Å². The number of aromatic nitrogens is 3. The number of hydrogen-bond donors (Lipinski definition) is 2. The Morgan fingerprint density at radius 2 is 1.94 bits per heavy atom. The molecule has 1 amide bonds. The number of nitrogens with two attached hydrogens (primary N) is 1. The van der Waals surface area contributed by atoms with Crippen molar-refractivity contribution in [1.82, 2.24) is 14.8 Å². The Bertz CT molecular complexity index is 1240. The predicted molar refractivity (Wildman–Crippen MR) is 128 cm³/mol. The molecule has 32 heavy (non-hydrogen) atoms. The minimum Gasteiger partial charge on any atom is -0.428 e. The third kappa shape index (κ3) is 4.57. The first-order chi connectivity index (χ1) is 15.1. The van der Waals surface area contributed by atoms with Crippen molar-refractivity contribution in [2.24, 2.45) is 10.7 Å². The SMILES string of the molecule is Cc1nnc2n1-c1ccc(C=C[Si](C)(C)O)cc1C(c1ccc(Cl)cc1)=N[C@H]2CC(N)=O. The second-order valence-corrected chi connectivity index (χ2v) is 12.5. The molecule has 1 atom stereocenters. The maximum absolute atomic E-state index is 11.8. The van der Waals surface area contributed by atoms with Crippen LogP contribution in [0.15, 0.2) is 53.2 Å². The van der Waals surface area contributed by atoms with Gasteiger partial charge in [0.1, 0.15) is 11.9 Å². The van der Waals surface area contributed by atoms with Gasteiger partial charge in [-0.05, 0) is 49.8 Å². The number of aliphatic imine (C=N–C) groups is 1. The minimum atomic E-state index is -2.36. The lowest BCUT2D eigenvalue weighted by atomic mass is 9.98. The Morgan fingerprint density at radius 3 is 2.59 bits per heavy atom. The molecule has 3 N–H and O–H groups in total. The number of halogens is 1. The zero-order chi connectivity index (χ0) is 23.0. The third-order valence-electron chi connectivity index (χ3n) is 5.15. The molecule has 1 aliphatic rings. The summed E-state index contributed by atoms with van der Waals surface area (Å²) in [6, 6.07) is 12.8. The number of benzene rings is 2. The maximum atomic E-state index is 11.8. The standard InChI is InChI=1S/C23H24ClN5O2Si/c1-14-27-28-23-19(13-21(25)30)26-22(16-5-7-17(24)8-6-16)18-12-15(10-11-32(2,3)31)4-9-20(18)29(14)23/h4-12,19,31H,13H2,1-3H3,(H2,25,30)/t19-/m0/s1. The summed E-state index contributed by atoms with van der Waals surface area (Å²) in [7, 11) is -2.36. The van der Waals surface area contributed by atoms with Crippen LogP contribution in [0.25, 0.3) is 11.8 Å². The molecule has 0 radical (unpaired) electrons. The van der Waals surface area contributed by atoms with Crippen molar-refractivity contribution in [3.05, 3.63) is 81.5 Å². The summed E-state index contributed by atoms with van der Waals surface area (Å²) in [5, 5.41) is 9.17. The smallest absolute Gasteiger partial charge is 0.220 e. The highest BCUT2D eigenvalue weighted by molar-refractivity contribution is 6.75. The molecule has 1 aliphatic heterocycles. The van der Waals surface area contributed by atoms with E-state index in [9.17, 15) is 9.59 Å². The number of carbonyl (C=O) groups excluding carboxylic acids is 1. The number of aryl methyl sites for hydroxylation is 1. The van der Waals surface area contributed by atoms with E-state index in [-0.39, 0.29) is 6.42 Å². The first kappa shape index (κ1) is 22.1. The number of hydrogen-bond acceptors (Lipinski definition) is 5. The molecule has 164 valence electrons. The van der Waals surface area contributed by atoms with E-state index in [0.717, 1.165) is 22.4 Å². The summed E-state index contributed by atoms with van der Waals surface area (Å²) in [4.78, 5) is 27.0. The van der Waals surface area contributed by atoms with E-state index in [0.29, 0.717) is 22.4 Å². The highest BCUT2D eigenvalue weighted by Crippen LogP contribution is 2.33. The zero-order valence-corrected chi connectivity index (χ0v) is 19.8. The van der Waals surface area contributed by atoms with Gasteiger partial charge in [-0.2, -0.15) is 0 Å². The molecule has 2 heterocycles. The molecular weight excluding hydrogens is 442 g/mol. The average Bonchev–Trinajstić information content (AvgIpc) is 3.04. The number of amides is 1. The van der Waals surface area contributed by atoms with Gasteiger partial charge in [-0.1, -0.05) is 41.6 Å². The number of carbonyl (C=O) groups is 1. The van der Waals surface area contributed by atoms with Gasteiger partial charge in [-0.3, -0.25) is 14.4 Å². The molecule has 0 saturated heterocycles. The average molecular weight is 466 g/mol. The van der Waals surface area contributed by atoms with Crippen LogP contribution in [0.1, 0.15) is 40.8 Å². The molecule has 0 bridgehead atoms. The fourth-order valence-electron chi connectivity index (χ4n) is 3.68. The lowest BCUT2D eigenvalue weighted by molar-refractivity contribution is -0.118. The van der Waals surface area contributed by atoms with Crippen molar-refractivity contribution in [1.29, 1.82) is 0 Å². The topological polar surface area (TPSA) is 106 Å². The van der Waals surface area contributed by atoms with Crippen LogP contribution in [-0.4, -0.2) is 39.5 Å². The summed E-state index contributed by atoms with van der Waals surface area (Å²) in [6.07, 6.45) is 1.94. The lowest BCUT2D eigenvalue weighted by Gasteiger charge is -2.14. The van der Waals surface area contributed by atoms with Gasteiger partial charge in [0, 0.05) is 16.1 Å². The number of primary amides is 1. The van der Waals surface area contributed by atoms with Crippen LogP contribution in [0, 0.1) is 6.92 Å². The number of fused-ring (bicyclic) bond motifs is 3. The lowest BCUT2D eigenvalue weighted by Crippen LogP contribution is -2.21. The van der Waals surface area contributed by atoms with Crippen LogP contribution < -0.4 is 5.73 Å². The van der Waals surface area contributed by atoms with Crippen molar-refractivity contribution in [3.8, 4) is 5.69 Å². The molecule has 0 saturated carbocycles. The summed E-state index contributed by atoms with van der Waals surface area (Å²) in [5.41, 5.74) is 11.6. The van der Waals surface area contributed by atoms with Gasteiger partial charge >= 0.3 is 0 Å². The third-order valence-corrected chi connectivity index (χ3v) is 6.38. The largest absolute Gasteiger partial charge is 0.428 e. The highest BCUT2D eigenvalue weighted by Gasteiger charge is 2.29. The first-order valence-corrected chi connectivity index (χ1v) is 13.6. The Kier molecular flexibility index (Phi) is 5.85. The van der Waals surface area contributed by atoms with Crippen molar-refractivity contribution < 1.29 is 9.59 Å². The van der Waals surface area contributed by atoms with Gasteiger partial charge in [0.15, 0.2) is 5.82 Å². The molecule has 7 nitrogen and oxygen atoms in total. The van der Waals surface area contributed by atoms with Crippen molar-refractivity contribution in [3.63, 3.8) is 0 Å². The van der Waals surface area contributed by atoms with Crippen LogP contribution in [0.2, 0.25) is 18.1 Å². The second-order valence-electron chi connectivity index (χ2n) is 8.38. The summed E-state index contributed by atoms with van der Waals surface area (Å²) >= 11 is 6.11. The molecular formula is C23H24ClN5O2Si. The Balaban J connectivity index is 1.98. The van der Waals surface area contributed by atoms with Gasteiger partial charge in [0.2, 0.25) is 14.2 Å². The van der Waals surface area contributed by atoms with Crippen LogP contribution in [0.3, 0.4) is 0 Å². The number of nitrogens with zero attached hydrogens (tertiary/aromatic N) is 4. The Hall–Kier alpha value is -3.07. The van der Waals surface area contributed by atoms with Crippen LogP contribution >= 0.6 is 11.6 Å². The molecule has 0 unspecified atom stereocenters. The fourth-order valence-corrected chi connectivity index (χ4v) is 4.41. The zero-order valence-electron chi connectivity index (χ0n) is 18.1. The van der Waals surface area contributed by atoms with E-state index in [1.807, 2.05) is 78.8 Å². The molecule has 4 rings (SSSR count). The van der Waals surface area contributed by atoms with E-state index in [2.05, 4.69) is 10.2 Å². The molecule has 3 aromatic rings. The fraction of sp³-hybridized carbons (Fsp3) is 0.217. The van der Waals surface area contributed by atoms with E-state index in [1.54, 1.807) is 0 Å². The van der Waals surface area contributed by atoms with Gasteiger partial charge in [-0.15, -0.1) is 10.2 Å². The first-order valence-electron chi connectivity index (χ1n) is 10.2. The summed E-state index contributed by atoms with van der Waals surface area (Å²) < 4.78 is 1.92. The summed E-state index contributed by atoms with van der Waals surface area (Å²) in [6.45, 7) is 5.58. The van der Waals surface area contributed by atoms with Gasteiger partial charge in [0.25, 0.3) is 0 Å². The van der Waals surface area contributed by atoms with Crippen LogP contribution in [0.5, 0.6) is 0 Å². The Labute approximate surface area is 192 Å². The predicted octanol–water partition coefficient (Wildman–Crippen LogP) is 3.75. The van der Waals surface area contributed by atoms with Crippen molar-refractivity contribution in [2.75, 3.05) is 0 Å². The van der Waals surface area contributed by atoms with Crippen LogP contribution in [0.4, 0.5) is 0 Å². The van der Waals surface area contributed by atoms with E-state index >= 15 is 0 Å². The van der Waals surface area contributed by atoms with E-state index < -0.39 is 20.3 Å². The Morgan fingerprint density at radius 1 is 1.22 bits per heavy atom. The highest BCUT2D eigenvalue weighted by atomic mass is 35.5. The molecule has 0 aliphatic carbocycles. The minimum absolute atomic E-state index is 0.0142. The van der Waals surface area contributed by atoms with Crippen molar-refractivity contribution >= 4 is 37.6 Å². The summed E-state index contributed by atoms with van der Waals surface area (Å²) in [5.74, 6) is 0.792. The molecule has 0 fully saturated rings. The van der Waals surface area contributed by atoms with E-state index in [4.69, 9.17) is 22.3 Å². The molecule has 9 heteroatoms.